The third-order valence-electron chi connectivity index (χ3n) is 2.94. The Kier molecular flexibility index (Phi) is 3.33. The van der Waals surface area contributed by atoms with Gasteiger partial charge in [0.15, 0.2) is 0 Å². The summed E-state index contributed by atoms with van der Waals surface area (Å²) < 4.78 is 7.17. The van der Waals surface area contributed by atoms with Gasteiger partial charge >= 0.3 is 0 Å². The van der Waals surface area contributed by atoms with Gasteiger partial charge in [0.25, 0.3) is 0 Å². The minimum atomic E-state index is 0.375. The van der Waals surface area contributed by atoms with Crippen molar-refractivity contribution in [2.24, 2.45) is 0 Å². The molecule has 0 spiro atoms. The minimum Gasteiger partial charge on any atom is -0.494 e. The van der Waals surface area contributed by atoms with Gasteiger partial charge in [-0.25, -0.2) is 4.68 Å². The zero-order chi connectivity index (χ0) is 13.1. The Morgan fingerprint density at radius 1 is 1.39 bits per heavy atom. The van der Waals surface area contributed by atoms with Crippen LogP contribution in [-0.2, 0) is 6.42 Å². The first-order chi connectivity index (χ1) is 8.67. The summed E-state index contributed by atoms with van der Waals surface area (Å²) >= 11 is 0. The molecule has 0 atom stereocenters. The summed E-state index contributed by atoms with van der Waals surface area (Å²) in [7, 11) is 1.64. The molecule has 1 heterocycles. The van der Waals surface area contributed by atoms with Crippen molar-refractivity contribution in [1.29, 1.82) is 5.26 Å². The second kappa shape index (κ2) is 4.92. The Morgan fingerprint density at radius 2 is 2.17 bits per heavy atom. The average molecular weight is 241 g/mol. The number of hydrogen-bond donors (Lipinski definition) is 0. The van der Waals surface area contributed by atoms with Gasteiger partial charge in [-0.15, -0.1) is 0 Å². The first-order valence-corrected chi connectivity index (χ1v) is 5.73. The molecule has 0 amide bonds. The predicted octanol–water partition coefficient (Wildman–Crippen LogP) is 2.56. The first-order valence-electron chi connectivity index (χ1n) is 5.73. The Labute approximate surface area is 106 Å². The lowest BCUT2D eigenvalue weighted by atomic mass is 10.2. The van der Waals surface area contributed by atoms with E-state index in [0.717, 1.165) is 28.3 Å². The van der Waals surface area contributed by atoms with E-state index in [0.29, 0.717) is 6.42 Å². The second-order valence-electron chi connectivity index (χ2n) is 4.18. The molecule has 4 heteroatoms. The Hall–Kier alpha value is -2.28. The number of rotatable bonds is 3. The fourth-order valence-electron chi connectivity index (χ4n) is 1.91. The van der Waals surface area contributed by atoms with E-state index in [9.17, 15) is 0 Å². The first kappa shape index (κ1) is 12.2. The van der Waals surface area contributed by atoms with Gasteiger partial charge in [0.2, 0.25) is 0 Å². The smallest absolute Gasteiger partial charge is 0.144 e. The molecule has 92 valence electrons. The molecule has 0 radical (unpaired) electrons. The summed E-state index contributed by atoms with van der Waals surface area (Å²) in [5.41, 5.74) is 3.96. The highest BCUT2D eigenvalue weighted by Gasteiger charge is 2.11. The molecular formula is C14H15N3O. The Balaban J connectivity index is 2.55. The number of methoxy groups -OCH3 is 1. The van der Waals surface area contributed by atoms with Crippen molar-refractivity contribution in [3.8, 4) is 17.5 Å². The van der Waals surface area contributed by atoms with Gasteiger partial charge < -0.3 is 4.74 Å². The number of aromatic nitrogens is 2. The van der Waals surface area contributed by atoms with Crippen molar-refractivity contribution >= 4 is 0 Å². The molecule has 0 saturated carbocycles. The molecule has 0 unspecified atom stereocenters. The quantitative estimate of drug-likeness (QED) is 0.829. The van der Waals surface area contributed by atoms with E-state index in [4.69, 9.17) is 10.00 Å². The SMILES string of the molecule is COc1ccc(C)cc1-n1ncc(CC#N)c1C. The van der Waals surface area contributed by atoms with Crippen molar-refractivity contribution in [2.75, 3.05) is 7.11 Å². The summed E-state index contributed by atoms with van der Waals surface area (Å²) in [6.45, 7) is 3.99. The maximum atomic E-state index is 8.76. The molecule has 2 aromatic rings. The minimum absolute atomic E-state index is 0.375. The van der Waals surface area contributed by atoms with Crippen LogP contribution in [0, 0.1) is 25.2 Å². The number of hydrogen-bond acceptors (Lipinski definition) is 3. The molecule has 0 N–H and O–H groups in total. The van der Waals surface area contributed by atoms with Crippen LogP contribution in [0.2, 0.25) is 0 Å². The van der Waals surface area contributed by atoms with E-state index in [2.05, 4.69) is 11.2 Å². The Morgan fingerprint density at radius 3 is 2.83 bits per heavy atom. The predicted molar refractivity (Wildman–Crippen MR) is 68.9 cm³/mol. The highest BCUT2D eigenvalue weighted by molar-refractivity contribution is 5.49. The van der Waals surface area contributed by atoms with Crippen LogP contribution in [0.25, 0.3) is 5.69 Å². The molecule has 1 aromatic carbocycles. The molecular weight excluding hydrogens is 226 g/mol. The number of benzene rings is 1. The number of aryl methyl sites for hydroxylation is 1. The molecule has 1 aromatic heterocycles. The molecule has 0 bridgehead atoms. The largest absolute Gasteiger partial charge is 0.494 e. The molecule has 18 heavy (non-hydrogen) atoms. The van der Waals surface area contributed by atoms with Gasteiger partial charge in [-0.2, -0.15) is 10.4 Å². The van der Waals surface area contributed by atoms with Crippen molar-refractivity contribution in [2.45, 2.75) is 20.3 Å². The molecule has 0 aliphatic rings. The van der Waals surface area contributed by atoms with Gasteiger partial charge in [-0.3, -0.25) is 0 Å². The number of nitrogens with zero attached hydrogens (tertiary/aromatic N) is 3. The highest BCUT2D eigenvalue weighted by Crippen LogP contribution is 2.25. The Bertz CT molecular complexity index is 608. The summed E-state index contributed by atoms with van der Waals surface area (Å²) in [4.78, 5) is 0. The average Bonchev–Trinajstić information content (AvgIpc) is 2.72. The van der Waals surface area contributed by atoms with Gasteiger partial charge in [0, 0.05) is 11.3 Å². The van der Waals surface area contributed by atoms with Crippen molar-refractivity contribution in [3.05, 3.63) is 41.2 Å². The van der Waals surface area contributed by atoms with Crippen LogP contribution in [0.4, 0.5) is 0 Å². The molecule has 0 saturated heterocycles. The van der Waals surface area contributed by atoms with Crippen LogP contribution in [0.15, 0.2) is 24.4 Å². The lowest BCUT2D eigenvalue weighted by Crippen LogP contribution is -2.02. The fraction of sp³-hybridized carbons (Fsp3) is 0.286. The molecule has 0 aliphatic heterocycles. The van der Waals surface area contributed by atoms with E-state index in [1.54, 1.807) is 13.3 Å². The lowest BCUT2D eigenvalue weighted by Gasteiger charge is -2.11. The number of ether oxygens (including phenoxy) is 1. The number of nitriles is 1. The van der Waals surface area contributed by atoms with Crippen LogP contribution in [-0.4, -0.2) is 16.9 Å². The van der Waals surface area contributed by atoms with Crippen LogP contribution in [0.5, 0.6) is 5.75 Å². The third-order valence-corrected chi connectivity index (χ3v) is 2.94. The summed E-state index contributed by atoms with van der Waals surface area (Å²) in [5, 5.41) is 13.1. The van der Waals surface area contributed by atoms with E-state index in [1.807, 2.05) is 36.7 Å². The summed E-state index contributed by atoms with van der Waals surface area (Å²) in [6, 6.07) is 8.09. The maximum Gasteiger partial charge on any atom is 0.144 e. The van der Waals surface area contributed by atoms with Gasteiger partial charge in [0.05, 0.1) is 25.8 Å². The zero-order valence-electron chi connectivity index (χ0n) is 10.8. The third kappa shape index (κ3) is 2.07. The van der Waals surface area contributed by atoms with Crippen LogP contribution >= 0.6 is 0 Å². The molecule has 0 fully saturated rings. The monoisotopic (exact) mass is 241 g/mol. The van der Waals surface area contributed by atoms with Crippen molar-refractivity contribution in [1.82, 2.24) is 9.78 Å². The van der Waals surface area contributed by atoms with Gasteiger partial charge in [-0.05, 0) is 31.5 Å². The zero-order valence-corrected chi connectivity index (χ0v) is 10.8. The van der Waals surface area contributed by atoms with Gasteiger partial charge in [-0.1, -0.05) is 6.07 Å². The molecule has 0 aliphatic carbocycles. The maximum absolute atomic E-state index is 8.76. The van der Waals surface area contributed by atoms with E-state index >= 15 is 0 Å². The van der Waals surface area contributed by atoms with Crippen LogP contribution in [0.1, 0.15) is 16.8 Å². The lowest BCUT2D eigenvalue weighted by molar-refractivity contribution is 0.411. The highest BCUT2D eigenvalue weighted by atomic mass is 16.5. The molecule has 2 rings (SSSR count). The summed E-state index contributed by atoms with van der Waals surface area (Å²) in [5.74, 6) is 0.773. The van der Waals surface area contributed by atoms with Crippen molar-refractivity contribution < 1.29 is 4.74 Å². The van der Waals surface area contributed by atoms with E-state index < -0.39 is 0 Å². The molecule has 4 nitrogen and oxygen atoms in total. The summed E-state index contributed by atoms with van der Waals surface area (Å²) in [6.07, 6.45) is 2.11. The van der Waals surface area contributed by atoms with E-state index in [1.165, 1.54) is 0 Å². The fourth-order valence-corrected chi connectivity index (χ4v) is 1.91. The topological polar surface area (TPSA) is 50.8 Å². The van der Waals surface area contributed by atoms with Gasteiger partial charge in [0.1, 0.15) is 11.4 Å². The normalized spacial score (nSPS) is 10.1. The van der Waals surface area contributed by atoms with Crippen molar-refractivity contribution in [3.63, 3.8) is 0 Å². The second-order valence-corrected chi connectivity index (χ2v) is 4.18. The van der Waals surface area contributed by atoms with E-state index in [-0.39, 0.29) is 0 Å². The van der Waals surface area contributed by atoms with Crippen LogP contribution < -0.4 is 4.74 Å². The standard InChI is InChI=1S/C14H15N3O/c1-10-4-5-14(18-3)13(8-10)17-11(2)12(6-7-15)9-16-17/h4-5,8-9H,6H2,1-3H3. The van der Waals surface area contributed by atoms with Crippen LogP contribution in [0.3, 0.4) is 0 Å².